The van der Waals surface area contributed by atoms with Crippen LogP contribution in [-0.2, 0) is 9.47 Å². The smallest absolute Gasteiger partial charge is 0.357 e. The van der Waals surface area contributed by atoms with Gasteiger partial charge in [-0.05, 0) is 31.2 Å². The van der Waals surface area contributed by atoms with Crippen molar-refractivity contribution in [3.05, 3.63) is 83.9 Å². The minimum atomic E-state index is -0.722. The van der Waals surface area contributed by atoms with Crippen molar-refractivity contribution in [2.24, 2.45) is 0 Å². The molecule has 9 nitrogen and oxygen atoms in total. The molecule has 0 unspecified atom stereocenters. The highest BCUT2D eigenvalue weighted by molar-refractivity contribution is 6.06. The molecule has 2 aromatic carbocycles. The van der Waals surface area contributed by atoms with E-state index in [1.165, 1.54) is 25.1 Å². The van der Waals surface area contributed by atoms with Gasteiger partial charge in [-0.15, -0.1) is 0 Å². The molecule has 9 heteroatoms. The van der Waals surface area contributed by atoms with Crippen LogP contribution in [-0.4, -0.2) is 45.9 Å². The Morgan fingerprint density at radius 2 is 1.67 bits per heavy atom. The number of ether oxygens (including phenoxy) is 3. The van der Waals surface area contributed by atoms with E-state index >= 15 is 0 Å². The number of methoxy groups -OCH3 is 2. The fourth-order valence-corrected chi connectivity index (χ4v) is 3.27. The molecule has 0 fully saturated rings. The van der Waals surface area contributed by atoms with E-state index in [1.54, 1.807) is 54.7 Å². The summed E-state index contributed by atoms with van der Waals surface area (Å²) in [6.07, 6.45) is 3.12. The molecule has 2 aromatic heterocycles. The number of carbonyl (C=O) groups excluding carboxylic acids is 2. The van der Waals surface area contributed by atoms with Crippen molar-refractivity contribution in [3.63, 3.8) is 0 Å². The maximum atomic E-state index is 12.8. The predicted octanol–water partition coefficient (Wildman–Crippen LogP) is 4.00. The number of aryl methyl sites for hydroxylation is 1. The molecule has 4 rings (SSSR count). The summed E-state index contributed by atoms with van der Waals surface area (Å²) in [6.45, 7) is 1.81. The zero-order valence-electron chi connectivity index (χ0n) is 18.2. The van der Waals surface area contributed by atoms with Gasteiger partial charge in [0.1, 0.15) is 17.0 Å². The van der Waals surface area contributed by atoms with Crippen LogP contribution in [0, 0.1) is 6.92 Å². The molecule has 0 radical (unpaired) electrons. The molecule has 0 amide bonds. The topological polar surface area (TPSA) is 105 Å². The van der Waals surface area contributed by atoms with Crippen molar-refractivity contribution in [1.82, 2.24) is 19.7 Å². The summed E-state index contributed by atoms with van der Waals surface area (Å²) in [5.41, 5.74) is 2.01. The van der Waals surface area contributed by atoms with Crippen LogP contribution < -0.4 is 4.74 Å². The Balaban J connectivity index is 1.88. The Morgan fingerprint density at radius 1 is 0.909 bits per heavy atom. The average Bonchev–Trinajstić information content (AvgIpc) is 3.24. The van der Waals surface area contributed by atoms with Gasteiger partial charge in [0.05, 0.1) is 31.8 Å². The molecular weight excluding hydrogens is 424 g/mol. The second-order valence-electron chi connectivity index (χ2n) is 6.93. The van der Waals surface area contributed by atoms with Gasteiger partial charge in [0.15, 0.2) is 5.69 Å². The lowest BCUT2D eigenvalue weighted by molar-refractivity contribution is 0.0549. The third-order valence-electron chi connectivity index (χ3n) is 4.72. The van der Waals surface area contributed by atoms with Crippen LogP contribution in [0.2, 0.25) is 0 Å². The van der Waals surface area contributed by atoms with E-state index in [0.29, 0.717) is 28.6 Å². The molecule has 0 aliphatic carbocycles. The van der Waals surface area contributed by atoms with Crippen LogP contribution in [0.15, 0.2) is 67.0 Å². The molecule has 4 aromatic rings. The summed E-state index contributed by atoms with van der Waals surface area (Å²) in [4.78, 5) is 33.8. The maximum Gasteiger partial charge on any atom is 0.357 e. The largest absolute Gasteiger partial charge is 0.465 e. The Morgan fingerprint density at radius 3 is 2.36 bits per heavy atom. The lowest BCUT2D eigenvalue weighted by Gasteiger charge is -2.07. The standard InChI is InChI=1S/C24H20N4O5/c1-15-13-25-14-19(26-15)33-18-11-7-8-16(12-18)21-20(23(29)31-2)22(24(30)32-3)28(27-21)17-9-5-4-6-10-17/h4-14H,1-3H3. The number of aromatic nitrogens is 4. The fraction of sp³-hybridized carbons (Fsp3) is 0.125. The van der Waals surface area contributed by atoms with Crippen molar-refractivity contribution >= 4 is 11.9 Å². The lowest BCUT2D eigenvalue weighted by Crippen LogP contribution is -2.15. The molecule has 2 heterocycles. The summed E-state index contributed by atoms with van der Waals surface area (Å²) in [5.74, 6) is -0.661. The van der Waals surface area contributed by atoms with Crippen molar-refractivity contribution in [2.75, 3.05) is 14.2 Å². The Hall–Kier alpha value is -4.53. The average molecular weight is 444 g/mol. The molecule has 0 atom stereocenters. The van der Waals surface area contributed by atoms with Crippen LogP contribution in [0.5, 0.6) is 11.6 Å². The van der Waals surface area contributed by atoms with Gasteiger partial charge in [-0.2, -0.15) is 5.10 Å². The van der Waals surface area contributed by atoms with Gasteiger partial charge >= 0.3 is 11.9 Å². The summed E-state index contributed by atoms with van der Waals surface area (Å²) in [7, 11) is 2.48. The van der Waals surface area contributed by atoms with E-state index in [0.717, 1.165) is 0 Å². The van der Waals surface area contributed by atoms with E-state index in [1.807, 2.05) is 13.0 Å². The molecule has 0 saturated carbocycles. The zero-order valence-corrected chi connectivity index (χ0v) is 18.2. The first-order valence-electron chi connectivity index (χ1n) is 9.94. The molecule has 0 spiro atoms. The molecule has 0 aliphatic rings. The molecule has 0 aliphatic heterocycles. The van der Waals surface area contributed by atoms with Gasteiger partial charge in [-0.3, -0.25) is 4.98 Å². The predicted molar refractivity (Wildman–Crippen MR) is 119 cm³/mol. The second kappa shape index (κ2) is 9.31. The van der Waals surface area contributed by atoms with Gasteiger partial charge in [-0.1, -0.05) is 30.3 Å². The number of hydrogen-bond acceptors (Lipinski definition) is 8. The summed E-state index contributed by atoms with van der Waals surface area (Å²) < 4.78 is 17.1. The first-order valence-corrected chi connectivity index (χ1v) is 9.94. The molecular formula is C24H20N4O5. The van der Waals surface area contributed by atoms with Crippen molar-refractivity contribution in [2.45, 2.75) is 6.92 Å². The first-order chi connectivity index (χ1) is 16.0. The van der Waals surface area contributed by atoms with Crippen LogP contribution in [0.4, 0.5) is 0 Å². The fourth-order valence-electron chi connectivity index (χ4n) is 3.27. The number of rotatable bonds is 6. The Labute approximate surface area is 189 Å². The number of carbonyl (C=O) groups is 2. The molecule has 33 heavy (non-hydrogen) atoms. The highest BCUT2D eigenvalue weighted by Gasteiger charge is 2.31. The highest BCUT2D eigenvalue weighted by Crippen LogP contribution is 2.32. The van der Waals surface area contributed by atoms with Gasteiger partial charge in [0.25, 0.3) is 0 Å². The van der Waals surface area contributed by atoms with Crippen LogP contribution >= 0.6 is 0 Å². The normalized spacial score (nSPS) is 10.5. The number of benzene rings is 2. The third-order valence-corrected chi connectivity index (χ3v) is 4.72. The Kier molecular flexibility index (Phi) is 6.12. The van der Waals surface area contributed by atoms with E-state index in [4.69, 9.17) is 14.2 Å². The molecule has 0 bridgehead atoms. The van der Waals surface area contributed by atoms with Gasteiger partial charge in [0, 0.05) is 11.8 Å². The first kappa shape index (κ1) is 21.7. The van der Waals surface area contributed by atoms with Crippen LogP contribution in [0.3, 0.4) is 0 Å². The number of para-hydroxylation sites is 1. The number of esters is 2. The minimum absolute atomic E-state index is 0.0132. The van der Waals surface area contributed by atoms with Crippen LogP contribution in [0.25, 0.3) is 16.9 Å². The van der Waals surface area contributed by atoms with Crippen LogP contribution in [0.1, 0.15) is 26.5 Å². The SMILES string of the molecule is COC(=O)c1c(-c2cccc(Oc3cncc(C)n3)c2)nn(-c2ccccc2)c1C(=O)OC. The van der Waals surface area contributed by atoms with Gasteiger partial charge in [0.2, 0.25) is 5.88 Å². The summed E-state index contributed by atoms with van der Waals surface area (Å²) in [5, 5.41) is 4.58. The monoisotopic (exact) mass is 444 g/mol. The third kappa shape index (κ3) is 4.42. The van der Waals surface area contributed by atoms with Crippen molar-refractivity contribution < 1.29 is 23.8 Å². The van der Waals surface area contributed by atoms with E-state index in [9.17, 15) is 9.59 Å². The molecule has 0 N–H and O–H groups in total. The molecule has 0 saturated heterocycles. The number of hydrogen-bond donors (Lipinski definition) is 0. The highest BCUT2D eigenvalue weighted by atomic mass is 16.5. The van der Waals surface area contributed by atoms with Gasteiger partial charge in [-0.25, -0.2) is 19.3 Å². The van der Waals surface area contributed by atoms with E-state index in [-0.39, 0.29) is 17.0 Å². The summed E-state index contributed by atoms with van der Waals surface area (Å²) >= 11 is 0. The molecule has 166 valence electrons. The number of nitrogens with zero attached hydrogens (tertiary/aromatic N) is 4. The maximum absolute atomic E-state index is 12.8. The lowest BCUT2D eigenvalue weighted by atomic mass is 10.1. The minimum Gasteiger partial charge on any atom is -0.465 e. The van der Waals surface area contributed by atoms with Gasteiger partial charge < -0.3 is 14.2 Å². The Bertz CT molecular complexity index is 1320. The summed E-state index contributed by atoms with van der Waals surface area (Å²) in [6, 6.07) is 15.9. The second-order valence-corrected chi connectivity index (χ2v) is 6.93. The van der Waals surface area contributed by atoms with E-state index in [2.05, 4.69) is 15.1 Å². The van der Waals surface area contributed by atoms with E-state index < -0.39 is 11.9 Å². The van der Waals surface area contributed by atoms with Crippen molar-refractivity contribution in [3.8, 4) is 28.6 Å². The zero-order chi connectivity index (χ0) is 23.4. The quantitative estimate of drug-likeness (QED) is 0.411. The van der Waals surface area contributed by atoms with Crippen molar-refractivity contribution in [1.29, 1.82) is 0 Å².